The lowest BCUT2D eigenvalue weighted by atomic mass is 10.0. The number of hydrogen-bond donors (Lipinski definition) is 1. The van der Waals surface area contributed by atoms with Gasteiger partial charge in [-0.15, -0.1) is 0 Å². The number of nitrogens with zero attached hydrogens (tertiary/aromatic N) is 1. The second-order valence-electron chi connectivity index (χ2n) is 4.68. The van der Waals surface area contributed by atoms with Crippen molar-refractivity contribution in [3.8, 4) is 17.2 Å². The van der Waals surface area contributed by atoms with Gasteiger partial charge in [-0.05, 0) is 37.4 Å². The molecule has 0 unspecified atom stereocenters. The Morgan fingerprint density at radius 2 is 2.09 bits per heavy atom. The van der Waals surface area contributed by atoms with E-state index in [1.54, 1.807) is 0 Å². The number of oxime groups is 1. The number of fused-ring (bicyclic) bond motifs is 1. The molecule has 0 radical (unpaired) electrons. The molecule has 7 nitrogen and oxygen atoms in total. The highest BCUT2D eigenvalue weighted by Crippen LogP contribution is 2.52. The maximum absolute atomic E-state index is 10.9. The van der Waals surface area contributed by atoms with Gasteiger partial charge in [-0.25, -0.2) is 4.79 Å². The van der Waals surface area contributed by atoms with Crippen molar-refractivity contribution in [2.24, 2.45) is 5.16 Å². The molecule has 9 heteroatoms. The number of ether oxygens (including phenoxy) is 3. The highest BCUT2D eigenvalue weighted by Gasteiger charge is 2.32. The van der Waals surface area contributed by atoms with E-state index < -0.39 is 5.97 Å². The number of aliphatic carboxylic acids is 1. The molecule has 1 aromatic rings. The molecule has 118 valence electrons. The van der Waals surface area contributed by atoms with Crippen molar-refractivity contribution in [2.75, 3.05) is 13.9 Å². The van der Waals surface area contributed by atoms with Gasteiger partial charge in [0.2, 0.25) is 12.5 Å². The van der Waals surface area contributed by atoms with Crippen molar-refractivity contribution in [1.82, 2.24) is 0 Å². The zero-order valence-corrected chi connectivity index (χ0v) is 14.6. The Kier molecular flexibility index (Phi) is 4.18. The fourth-order valence-electron chi connectivity index (χ4n) is 2.33. The number of hydrogen-bond acceptors (Lipinski definition) is 6. The minimum atomic E-state index is -1.07. The van der Waals surface area contributed by atoms with E-state index in [1.165, 1.54) is 7.11 Å². The maximum Gasteiger partial charge on any atom is 0.353 e. The largest absolute Gasteiger partial charge is 0.492 e. The monoisotopic (exact) mass is 435 g/mol. The number of carboxylic acids is 1. The Balaban J connectivity index is 1.90. The molecule has 2 heterocycles. The average Bonchev–Trinajstić information content (AvgIpc) is 3.13. The minimum absolute atomic E-state index is 0.0185. The van der Waals surface area contributed by atoms with E-state index in [2.05, 4.69) is 37.0 Å². The van der Waals surface area contributed by atoms with E-state index in [1.807, 2.05) is 0 Å². The summed E-state index contributed by atoms with van der Waals surface area (Å²) in [6.07, 6.45) is 0.322. The number of halogens is 2. The van der Waals surface area contributed by atoms with E-state index in [0.717, 1.165) is 10.0 Å². The number of carboxylic acid groups (broad SMARTS) is 1. The Morgan fingerprint density at radius 3 is 2.73 bits per heavy atom. The summed E-state index contributed by atoms with van der Waals surface area (Å²) >= 11 is 7.00. The zero-order valence-electron chi connectivity index (χ0n) is 11.4. The molecule has 0 saturated heterocycles. The topological polar surface area (TPSA) is 86.6 Å². The van der Waals surface area contributed by atoms with Crippen LogP contribution in [0.25, 0.3) is 0 Å². The summed E-state index contributed by atoms with van der Waals surface area (Å²) in [5.41, 5.74) is 0.859. The van der Waals surface area contributed by atoms with Crippen LogP contribution >= 0.6 is 31.9 Å². The molecule has 2 aliphatic heterocycles. The van der Waals surface area contributed by atoms with Gasteiger partial charge in [-0.2, -0.15) is 0 Å². The third-order valence-corrected chi connectivity index (χ3v) is 5.04. The normalized spacial score (nSPS) is 18.9. The predicted octanol–water partition coefficient (Wildman–Crippen LogP) is 2.72. The van der Waals surface area contributed by atoms with Gasteiger partial charge >= 0.3 is 5.97 Å². The van der Waals surface area contributed by atoms with E-state index in [9.17, 15) is 4.79 Å². The highest BCUT2D eigenvalue weighted by atomic mass is 79.9. The summed E-state index contributed by atoms with van der Waals surface area (Å²) < 4.78 is 17.7. The second-order valence-corrected chi connectivity index (χ2v) is 6.27. The van der Waals surface area contributed by atoms with Gasteiger partial charge in [-0.3, -0.25) is 0 Å². The van der Waals surface area contributed by atoms with Crippen molar-refractivity contribution in [3.05, 3.63) is 14.5 Å². The molecule has 0 aliphatic carbocycles. The Bertz CT molecular complexity index is 675. The number of benzene rings is 1. The smallest absolute Gasteiger partial charge is 0.353 e. The van der Waals surface area contributed by atoms with E-state index in [4.69, 9.17) is 24.2 Å². The summed E-state index contributed by atoms with van der Waals surface area (Å²) in [5.74, 6) is 0.555. The molecule has 3 rings (SSSR count). The molecule has 1 atom stereocenters. The van der Waals surface area contributed by atoms with Crippen LogP contribution in [0.3, 0.4) is 0 Å². The SMILES string of the molecule is COc1c(Br)c(C[C@H]2CC(C(=O)O)=NO2)c(Br)c2c1OCO2. The van der Waals surface area contributed by atoms with Crippen molar-refractivity contribution in [3.63, 3.8) is 0 Å². The first-order valence-electron chi connectivity index (χ1n) is 6.32. The molecular formula is C13H11Br2NO6. The first kappa shape index (κ1) is 15.4. The van der Waals surface area contributed by atoms with Crippen LogP contribution in [-0.4, -0.2) is 36.8 Å². The first-order chi connectivity index (χ1) is 10.5. The molecule has 0 aromatic heterocycles. The Morgan fingerprint density at radius 1 is 1.36 bits per heavy atom. The average molecular weight is 437 g/mol. The third kappa shape index (κ3) is 2.52. The van der Waals surface area contributed by atoms with Crippen LogP contribution in [0.5, 0.6) is 17.2 Å². The van der Waals surface area contributed by atoms with Crippen LogP contribution in [0.1, 0.15) is 12.0 Å². The lowest BCUT2D eigenvalue weighted by molar-refractivity contribution is -0.129. The summed E-state index contributed by atoms with van der Waals surface area (Å²) in [4.78, 5) is 16.1. The van der Waals surface area contributed by atoms with E-state index >= 15 is 0 Å². The van der Waals surface area contributed by atoms with Gasteiger partial charge in [0.1, 0.15) is 6.10 Å². The maximum atomic E-state index is 10.9. The number of rotatable bonds is 4. The van der Waals surface area contributed by atoms with Gasteiger partial charge in [0.15, 0.2) is 17.2 Å². The standard InChI is InChI=1S/C13H11Br2NO6/c1-19-10-8(14)6(9(15)11-12(10)21-4-20-11)2-5-3-7(13(17)18)16-22-5/h5H,2-4H2,1H3,(H,17,18)/t5-/m0/s1. The van der Waals surface area contributed by atoms with Gasteiger partial charge in [-0.1, -0.05) is 5.16 Å². The highest BCUT2D eigenvalue weighted by molar-refractivity contribution is 9.11. The molecule has 22 heavy (non-hydrogen) atoms. The molecule has 0 amide bonds. The Labute approximate surface area is 142 Å². The van der Waals surface area contributed by atoms with Crippen molar-refractivity contribution in [2.45, 2.75) is 18.9 Å². The van der Waals surface area contributed by atoms with Gasteiger partial charge in [0, 0.05) is 12.8 Å². The van der Waals surface area contributed by atoms with Crippen molar-refractivity contribution in [1.29, 1.82) is 0 Å². The first-order valence-corrected chi connectivity index (χ1v) is 7.91. The molecular weight excluding hydrogens is 426 g/mol. The number of methoxy groups -OCH3 is 1. The van der Waals surface area contributed by atoms with E-state index in [-0.39, 0.29) is 25.0 Å². The van der Waals surface area contributed by atoms with Crippen LogP contribution in [0.2, 0.25) is 0 Å². The van der Waals surface area contributed by atoms with Gasteiger partial charge in [0.25, 0.3) is 0 Å². The molecule has 1 N–H and O–H groups in total. The third-order valence-electron chi connectivity index (χ3n) is 3.36. The molecule has 0 spiro atoms. The molecule has 0 saturated carbocycles. The molecule has 2 aliphatic rings. The number of carbonyl (C=O) groups is 1. The van der Waals surface area contributed by atoms with Crippen LogP contribution in [0, 0.1) is 0 Å². The van der Waals surface area contributed by atoms with Gasteiger partial charge < -0.3 is 24.2 Å². The van der Waals surface area contributed by atoms with Crippen molar-refractivity contribution < 1.29 is 28.9 Å². The van der Waals surface area contributed by atoms with Crippen LogP contribution in [0.4, 0.5) is 0 Å². The summed E-state index contributed by atoms with van der Waals surface area (Å²) in [7, 11) is 1.54. The summed E-state index contributed by atoms with van der Waals surface area (Å²) in [6, 6.07) is 0. The Hall–Kier alpha value is -1.48. The summed E-state index contributed by atoms with van der Waals surface area (Å²) in [6.45, 7) is 0.117. The quantitative estimate of drug-likeness (QED) is 0.780. The lowest BCUT2D eigenvalue weighted by Gasteiger charge is -2.16. The molecule has 0 bridgehead atoms. The second kappa shape index (κ2) is 5.96. The molecule has 1 aromatic carbocycles. The van der Waals surface area contributed by atoms with E-state index in [0.29, 0.717) is 28.1 Å². The minimum Gasteiger partial charge on any atom is -0.492 e. The lowest BCUT2D eigenvalue weighted by Crippen LogP contribution is -2.16. The summed E-state index contributed by atoms with van der Waals surface area (Å²) in [5, 5.41) is 12.5. The predicted molar refractivity (Wildman–Crippen MR) is 82.8 cm³/mol. The van der Waals surface area contributed by atoms with Crippen LogP contribution < -0.4 is 14.2 Å². The fraction of sp³-hybridized carbons (Fsp3) is 0.385. The van der Waals surface area contributed by atoms with Crippen LogP contribution in [-0.2, 0) is 16.1 Å². The van der Waals surface area contributed by atoms with Gasteiger partial charge in [0.05, 0.1) is 16.1 Å². The fourth-order valence-corrected chi connectivity index (χ4v) is 3.96. The molecule has 0 fully saturated rings. The van der Waals surface area contributed by atoms with Crippen LogP contribution in [0.15, 0.2) is 14.1 Å². The van der Waals surface area contributed by atoms with Crippen molar-refractivity contribution >= 4 is 43.5 Å². The zero-order chi connectivity index (χ0) is 15.9.